The van der Waals surface area contributed by atoms with E-state index in [9.17, 15) is 14.4 Å². The molecule has 1 unspecified atom stereocenters. The first-order valence-corrected chi connectivity index (χ1v) is 13.3. The van der Waals surface area contributed by atoms with Crippen LogP contribution in [0.15, 0.2) is 18.2 Å². The smallest absolute Gasteiger partial charge is 0.255 e. The summed E-state index contributed by atoms with van der Waals surface area (Å²) < 4.78 is 0. The zero-order valence-electron chi connectivity index (χ0n) is 20.7. The van der Waals surface area contributed by atoms with Gasteiger partial charge < -0.3 is 14.7 Å². The molecular formula is C27H40N4O3. The van der Waals surface area contributed by atoms with E-state index in [1.165, 1.54) is 76.9 Å². The van der Waals surface area contributed by atoms with E-state index in [2.05, 4.69) is 28.1 Å². The Labute approximate surface area is 203 Å². The number of piperidine rings is 1. The van der Waals surface area contributed by atoms with Gasteiger partial charge in [0.2, 0.25) is 11.8 Å². The van der Waals surface area contributed by atoms with Crippen molar-refractivity contribution in [3.8, 4) is 0 Å². The summed E-state index contributed by atoms with van der Waals surface area (Å²) in [6, 6.07) is 5.41. The molecule has 2 fully saturated rings. The van der Waals surface area contributed by atoms with Gasteiger partial charge in [0, 0.05) is 44.7 Å². The molecule has 3 aliphatic rings. The van der Waals surface area contributed by atoms with Gasteiger partial charge in [0.15, 0.2) is 0 Å². The molecule has 0 saturated carbocycles. The van der Waals surface area contributed by atoms with Gasteiger partial charge in [-0.25, -0.2) is 0 Å². The zero-order chi connectivity index (χ0) is 23.9. The molecule has 34 heavy (non-hydrogen) atoms. The van der Waals surface area contributed by atoms with E-state index in [0.29, 0.717) is 13.0 Å². The fourth-order valence-electron chi connectivity index (χ4n) is 5.53. The number of fused-ring (bicyclic) bond motifs is 1. The lowest BCUT2D eigenvalue weighted by atomic mass is 9.98. The molecule has 1 aromatic rings. The topological polar surface area (TPSA) is 73.0 Å². The number of rotatable bonds is 11. The Balaban J connectivity index is 1.19. The molecule has 3 heterocycles. The number of piperazine rings is 1. The number of imide groups is 1. The van der Waals surface area contributed by atoms with Crippen LogP contribution in [0.1, 0.15) is 79.8 Å². The van der Waals surface area contributed by atoms with Crippen molar-refractivity contribution in [1.82, 2.24) is 20.0 Å². The summed E-state index contributed by atoms with van der Waals surface area (Å²) in [6.45, 7) is 9.96. The number of nitrogens with zero attached hydrogens (tertiary/aromatic N) is 3. The lowest BCUT2D eigenvalue weighted by Crippen LogP contribution is -2.52. The first kappa shape index (κ1) is 24.9. The van der Waals surface area contributed by atoms with E-state index in [1.54, 1.807) is 4.90 Å². The van der Waals surface area contributed by atoms with Crippen LogP contribution >= 0.6 is 0 Å². The maximum Gasteiger partial charge on any atom is 0.255 e. The first-order valence-electron chi connectivity index (χ1n) is 13.3. The molecule has 186 valence electrons. The van der Waals surface area contributed by atoms with Gasteiger partial charge in [-0.15, -0.1) is 0 Å². The van der Waals surface area contributed by atoms with Gasteiger partial charge in [0.25, 0.3) is 5.91 Å². The standard InChI is InChI=1S/C27H40N4O3/c1-2-3-6-14-29-16-18-30(19-17-29)15-7-4-5-9-21-10-8-11-22-23(21)20-31(27(22)34)24-12-13-25(32)28-26(24)33/h8,10-11,24H,2-7,9,12-20H2,1H3,(H,28,32,33). The number of unbranched alkanes of at least 4 members (excludes halogenated alkanes) is 4. The molecule has 3 aliphatic heterocycles. The minimum absolute atomic E-state index is 0.0832. The van der Waals surface area contributed by atoms with Crippen LogP contribution in [-0.4, -0.2) is 77.7 Å². The third-order valence-electron chi connectivity index (χ3n) is 7.64. The Bertz CT molecular complexity index is 879. The first-order chi connectivity index (χ1) is 16.6. The summed E-state index contributed by atoms with van der Waals surface area (Å²) in [7, 11) is 0. The maximum absolute atomic E-state index is 13.0. The highest BCUT2D eigenvalue weighted by Crippen LogP contribution is 2.30. The van der Waals surface area contributed by atoms with Crippen LogP contribution in [-0.2, 0) is 22.6 Å². The quantitative estimate of drug-likeness (QED) is 0.399. The Morgan fingerprint density at radius 2 is 1.62 bits per heavy atom. The zero-order valence-corrected chi connectivity index (χ0v) is 20.7. The number of hydrogen-bond donors (Lipinski definition) is 1. The van der Waals surface area contributed by atoms with Gasteiger partial charge >= 0.3 is 0 Å². The molecule has 0 spiro atoms. The Morgan fingerprint density at radius 1 is 0.912 bits per heavy atom. The largest absolute Gasteiger partial charge is 0.322 e. The van der Waals surface area contributed by atoms with Crippen LogP contribution < -0.4 is 5.32 Å². The van der Waals surface area contributed by atoms with Crippen LogP contribution in [0.25, 0.3) is 0 Å². The molecule has 0 aliphatic carbocycles. The van der Waals surface area contributed by atoms with E-state index in [4.69, 9.17) is 0 Å². The van der Waals surface area contributed by atoms with Crippen molar-refractivity contribution in [3.05, 3.63) is 34.9 Å². The Hall–Kier alpha value is -2.25. The third-order valence-corrected chi connectivity index (χ3v) is 7.64. The van der Waals surface area contributed by atoms with Crippen molar-refractivity contribution in [2.45, 2.75) is 77.3 Å². The van der Waals surface area contributed by atoms with E-state index < -0.39 is 6.04 Å². The maximum atomic E-state index is 13.0. The molecule has 7 heteroatoms. The molecule has 0 bridgehead atoms. The fourth-order valence-corrected chi connectivity index (χ4v) is 5.53. The highest BCUT2D eigenvalue weighted by Gasteiger charge is 2.39. The molecule has 2 saturated heterocycles. The van der Waals surface area contributed by atoms with Crippen LogP contribution in [0.5, 0.6) is 0 Å². The average molecular weight is 469 g/mol. The van der Waals surface area contributed by atoms with Crippen molar-refractivity contribution in [2.75, 3.05) is 39.3 Å². The second-order valence-corrected chi connectivity index (χ2v) is 10.0. The van der Waals surface area contributed by atoms with E-state index in [-0.39, 0.29) is 24.1 Å². The number of amides is 3. The van der Waals surface area contributed by atoms with Gasteiger partial charge in [0.1, 0.15) is 6.04 Å². The highest BCUT2D eigenvalue weighted by atomic mass is 16.2. The van der Waals surface area contributed by atoms with Gasteiger partial charge in [-0.05, 0) is 62.4 Å². The SMILES string of the molecule is CCCCCN1CCN(CCCCCc2cccc3c2CN(C2CCC(=O)NC2=O)C3=O)CC1. The lowest BCUT2D eigenvalue weighted by Gasteiger charge is -2.34. The molecule has 1 aromatic carbocycles. The summed E-state index contributed by atoms with van der Waals surface area (Å²) in [5, 5.41) is 2.38. The van der Waals surface area contributed by atoms with Gasteiger partial charge in [-0.2, -0.15) is 0 Å². The number of carbonyl (C=O) groups excluding carboxylic acids is 3. The number of carbonyl (C=O) groups is 3. The van der Waals surface area contributed by atoms with Crippen molar-refractivity contribution in [2.24, 2.45) is 0 Å². The van der Waals surface area contributed by atoms with Gasteiger partial charge in [-0.3, -0.25) is 19.7 Å². The summed E-state index contributed by atoms with van der Waals surface area (Å²) in [4.78, 5) is 43.6. The summed E-state index contributed by atoms with van der Waals surface area (Å²) in [5.74, 6) is -0.680. The monoisotopic (exact) mass is 468 g/mol. The van der Waals surface area contributed by atoms with E-state index >= 15 is 0 Å². The highest BCUT2D eigenvalue weighted by molar-refractivity contribution is 6.05. The minimum Gasteiger partial charge on any atom is -0.322 e. The number of benzene rings is 1. The molecule has 7 nitrogen and oxygen atoms in total. The second-order valence-electron chi connectivity index (χ2n) is 10.0. The number of nitrogens with one attached hydrogen (secondary N) is 1. The number of aryl methyl sites for hydroxylation is 1. The lowest BCUT2D eigenvalue weighted by molar-refractivity contribution is -0.136. The molecule has 4 rings (SSSR count). The van der Waals surface area contributed by atoms with Crippen molar-refractivity contribution < 1.29 is 14.4 Å². The Morgan fingerprint density at radius 3 is 2.29 bits per heavy atom. The normalized spacial score (nSPS) is 21.7. The second kappa shape index (κ2) is 11.9. The van der Waals surface area contributed by atoms with Crippen LogP contribution in [0.4, 0.5) is 0 Å². The van der Waals surface area contributed by atoms with Crippen LogP contribution in [0.2, 0.25) is 0 Å². The summed E-state index contributed by atoms with van der Waals surface area (Å²) in [5.41, 5.74) is 3.01. The van der Waals surface area contributed by atoms with Gasteiger partial charge in [0.05, 0.1) is 0 Å². The molecular weight excluding hydrogens is 428 g/mol. The Kier molecular flexibility index (Phi) is 8.73. The third kappa shape index (κ3) is 6.05. The molecule has 1 N–H and O–H groups in total. The average Bonchev–Trinajstić information content (AvgIpc) is 3.17. The molecule has 0 aromatic heterocycles. The number of hydrogen-bond acceptors (Lipinski definition) is 5. The fraction of sp³-hybridized carbons (Fsp3) is 0.667. The van der Waals surface area contributed by atoms with Crippen LogP contribution in [0, 0.1) is 0 Å². The van der Waals surface area contributed by atoms with Crippen molar-refractivity contribution in [3.63, 3.8) is 0 Å². The minimum atomic E-state index is -0.544. The molecule has 3 amide bonds. The predicted octanol–water partition coefficient (Wildman–Crippen LogP) is 2.97. The molecule has 1 atom stereocenters. The van der Waals surface area contributed by atoms with E-state index in [0.717, 1.165) is 24.0 Å². The van der Waals surface area contributed by atoms with Crippen LogP contribution in [0.3, 0.4) is 0 Å². The van der Waals surface area contributed by atoms with Crippen molar-refractivity contribution >= 4 is 17.7 Å². The van der Waals surface area contributed by atoms with Gasteiger partial charge in [-0.1, -0.05) is 38.3 Å². The summed E-state index contributed by atoms with van der Waals surface area (Å²) in [6.07, 6.45) is 9.14. The van der Waals surface area contributed by atoms with Crippen molar-refractivity contribution in [1.29, 1.82) is 0 Å². The summed E-state index contributed by atoms with van der Waals surface area (Å²) >= 11 is 0. The van der Waals surface area contributed by atoms with E-state index in [1.807, 2.05) is 12.1 Å². The molecule has 0 radical (unpaired) electrons. The predicted molar refractivity (Wildman–Crippen MR) is 132 cm³/mol.